The largest absolute Gasteiger partial charge is 0.472 e. The molecule has 1 N–H and O–H groups in total. The quantitative estimate of drug-likeness (QED) is 0.278. The summed E-state index contributed by atoms with van der Waals surface area (Å²) in [6.45, 7) is 10.6. The zero-order valence-corrected chi connectivity index (χ0v) is 19.1. The summed E-state index contributed by atoms with van der Waals surface area (Å²) in [5, 5.41) is 0. The van der Waals surface area contributed by atoms with Gasteiger partial charge in [0.25, 0.3) is 0 Å². The maximum Gasteiger partial charge on any atom is 0.472 e. The van der Waals surface area contributed by atoms with Gasteiger partial charge in [0.15, 0.2) is 0 Å². The van der Waals surface area contributed by atoms with Crippen LogP contribution in [0.1, 0.15) is 73.1 Å². The van der Waals surface area contributed by atoms with Gasteiger partial charge < -0.3 is 4.89 Å². The zero-order chi connectivity index (χ0) is 17.3. The summed E-state index contributed by atoms with van der Waals surface area (Å²) in [7, 11) is -3.69. The first-order chi connectivity index (χ1) is 10.5. The Hall–Kier alpha value is 0.909. The molecular formula is C16H38O4PSn. The van der Waals surface area contributed by atoms with Crippen molar-refractivity contribution in [2.45, 2.75) is 86.5 Å². The molecule has 6 heteroatoms. The third-order valence-electron chi connectivity index (χ3n) is 3.24. The van der Waals surface area contributed by atoms with Crippen molar-refractivity contribution in [1.29, 1.82) is 0 Å². The zero-order valence-electron chi connectivity index (χ0n) is 15.4. The van der Waals surface area contributed by atoms with Crippen molar-refractivity contribution < 1.29 is 18.5 Å². The molecule has 0 spiro atoms. The number of rotatable bonds is 13. The Balaban J connectivity index is 0. The fourth-order valence-corrected chi connectivity index (χ4v) is 12.2. The van der Waals surface area contributed by atoms with E-state index in [0.717, 1.165) is 0 Å². The molecule has 0 aromatic rings. The van der Waals surface area contributed by atoms with Crippen LogP contribution in [0.5, 0.6) is 0 Å². The molecule has 22 heavy (non-hydrogen) atoms. The summed E-state index contributed by atoms with van der Waals surface area (Å²) in [6, 6.07) is 0. The molecule has 0 aliphatic heterocycles. The van der Waals surface area contributed by atoms with E-state index in [9.17, 15) is 4.57 Å². The number of hydrogen-bond acceptors (Lipinski definition) is 3. The molecule has 0 bridgehead atoms. The third kappa shape index (κ3) is 19.0. The van der Waals surface area contributed by atoms with Gasteiger partial charge in [-0.2, -0.15) is 0 Å². The molecule has 0 heterocycles. The van der Waals surface area contributed by atoms with Gasteiger partial charge in [-0.15, -0.1) is 0 Å². The Morgan fingerprint density at radius 1 is 0.773 bits per heavy atom. The summed E-state index contributed by atoms with van der Waals surface area (Å²) in [6.07, 6.45) is 8.85. The van der Waals surface area contributed by atoms with Crippen LogP contribution in [0.15, 0.2) is 0 Å². The second-order valence-corrected chi connectivity index (χ2v) is 15.4. The van der Waals surface area contributed by atoms with E-state index in [0.29, 0.717) is 0 Å². The van der Waals surface area contributed by atoms with Gasteiger partial charge in [0, 0.05) is 0 Å². The normalized spacial score (nSPS) is 11.4. The second kappa shape index (κ2) is 18.3. The molecule has 0 amide bonds. The smallest absolute Gasteiger partial charge is 0.302 e. The predicted octanol–water partition coefficient (Wildman–Crippen LogP) is 6.04. The van der Waals surface area contributed by atoms with Gasteiger partial charge in [-0.25, -0.2) is 4.57 Å². The number of phosphoric ester groups is 1. The minimum atomic E-state index is -3.69. The molecule has 4 nitrogen and oxygen atoms in total. The van der Waals surface area contributed by atoms with Gasteiger partial charge >= 0.3 is 100 Å². The first kappa shape index (κ1) is 25.2. The van der Waals surface area contributed by atoms with Crippen molar-refractivity contribution in [3.63, 3.8) is 0 Å². The van der Waals surface area contributed by atoms with Crippen molar-refractivity contribution in [1.82, 2.24) is 0 Å². The van der Waals surface area contributed by atoms with E-state index in [1.807, 2.05) is 0 Å². The topological polar surface area (TPSA) is 55.8 Å². The first-order valence-electron chi connectivity index (χ1n) is 8.92. The van der Waals surface area contributed by atoms with E-state index in [-0.39, 0.29) is 13.2 Å². The van der Waals surface area contributed by atoms with Gasteiger partial charge in [-0.05, 0) is 13.8 Å². The Morgan fingerprint density at radius 2 is 1.09 bits per heavy atom. The molecule has 0 aliphatic rings. The fraction of sp³-hybridized carbons (Fsp3) is 1.00. The number of hydrogen-bond donors (Lipinski definition) is 1. The molecule has 0 aromatic carbocycles. The summed E-state index contributed by atoms with van der Waals surface area (Å²) in [5.74, 6) is 0. The Bertz CT molecular complexity index is 236. The molecule has 0 fully saturated rings. The average molecular weight is 444 g/mol. The van der Waals surface area contributed by atoms with Crippen LogP contribution in [0.25, 0.3) is 0 Å². The Labute approximate surface area is 145 Å². The van der Waals surface area contributed by atoms with Crippen molar-refractivity contribution >= 4 is 27.6 Å². The summed E-state index contributed by atoms with van der Waals surface area (Å²) in [5.41, 5.74) is 0. The maximum atomic E-state index is 10.5. The molecule has 0 aromatic heterocycles. The molecule has 0 rings (SSSR count). The van der Waals surface area contributed by atoms with Crippen LogP contribution >= 0.6 is 7.82 Å². The minimum absolute atomic E-state index is 0.188. The molecule has 0 atom stereocenters. The van der Waals surface area contributed by atoms with E-state index in [1.54, 1.807) is 27.2 Å². The van der Waals surface area contributed by atoms with E-state index in [1.165, 1.54) is 38.5 Å². The monoisotopic (exact) mass is 445 g/mol. The van der Waals surface area contributed by atoms with Crippen molar-refractivity contribution in [2.75, 3.05) is 13.2 Å². The molecule has 135 valence electrons. The van der Waals surface area contributed by atoms with Crippen LogP contribution in [0.3, 0.4) is 0 Å². The van der Waals surface area contributed by atoms with Gasteiger partial charge in [0.05, 0.1) is 13.2 Å². The van der Waals surface area contributed by atoms with E-state index in [2.05, 4.69) is 29.8 Å². The van der Waals surface area contributed by atoms with Crippen molar-refractivity contribution in [3.05, 3.63) is 0 Å². The molecular weight excluding hydrogens is 406 g/mol. The molecule has 0 unspecified atom stereocenters. The first-order valence-corrected chi connectivity index (χ1v) is 16.5. The molecule has 0 saturated carbocycles. The van der Waals surface area contributed by atoms with E-state index >= 15 is 0 Å². The number of phosphoric acid groups is 1. The Kier molecular flexibility index (Phi) is 20.9. The van der Waals surface area contributed by atoms with Crippen LogP contribution in [0, 0.1) is 0 Å². The summed E-state index contributed by atoms with van der Waals surface area (Å²) >= 11 is -0.839. The van der Waals surface area contributed by atoms with Gasteiger partial charge in [-0.1, -0.05) is 0 Å². The molecule has 0 aliphatic carbocycles. The Morgan fingerprint density at radius 3 is 1.32 bits per heavy atom. The SMILES string of the molecule is CCC[CH2][Sn]([CH2]CCC)[CH2]CCC.CCOP(=O)(O)OCC. The van der Waals surface area contributed by atoms with Crippen LogP contribution in [-0.2, 0) is 13.6 Å². The van der Waals surface area contributed by atoms with Crippen LogP contribution < -0.4 is 0 Å². The van der Waals surface area contributed by atoms with E-state index < -0.39 is 27.6 Å². The van der Waals surface area contributed by atoms with Crippen molar-refractivity contribution in [3.8, 4) is 0 Å². The predicted molar refractivity (Wildman–Crippen MR) is 98.0 cm³/mol. The minimum Gasteiger partial charge on any atom is -0.302 e. The maximum absolute atomic E-state index is 10.5. The average Bonchev–Trinajstić information content (AvgIpc) is 2.47. The standard InChI is InChI=1S/C4H11O4P.3C4H9.Sn/c1-3-7-9(5,6)8-4-2;3*1-3-4-2;/h3-4H2,1-2H3,(H,5,6);3*1,3-4H2,2H3;. The van der Waals surface area contributed by atoms with Gasteiger partial charge in [-0.3, -0.25) is 9.05 Å². The number of unbranched alkanes of at least 4 members (excludes halogenated alkanes) is 3. The molecule has 0 saturated heterocycles. The van der Waals surface area contributed by atoms with Gasteiger partial charge in [0.1, 0.15) is 0 Å². The van der Waals surface area contributed by atoms with Crippen LogP contribution in [-0.4, -0.2) is 37.9 Å². The summed E-state index contributed by atoms with van der Waals surface area (Å²) < 4.78 is 24.3. The van der Waals surface area contributed by atoms with Gasteiger partial charge in [0.2, 0.25) is 0 Å². The molecule has 1 radical (unpaired) electrons. The van der Waals surface area contributed by atoms with Crippen LogP contribution in [0.4, 0.5) is 0 Å². The van der Waals surface area contributed by atoms with E-state index in [4.69, 9.17) is 4.89 Å². The van der Waals surface area contributed by atoms with Crippen LogP contribution in [0.2, 0.25) is 13.3 Å². The third-order valence-corrected chi connectivity index (χ3v) is 13.5. The van der Waals surface area contributed by atoms with Crippen molar-refractivity contribution in [2.24, 2.45) is 0 Å². The fourth-order valence-electron chi connectivity index (χ4n) is 2.02. The summed E-state index contributed by atoms with van der Waals surface area (Å²) in [4.78, 5) is 8.63. The second-order valence-electron chi connectivity index (χ2n) is 5.36.